The van der Waals surface area contributed by atoms with E-state index < -0.39 is 5.60 Å². The molecular weight excluding hydrogens is 232 g/mol. The van der Waals surface area contributed by atoms with Crippen LogP contribution in [0.25, 0.3) is 0 Å². The van der Waals surface area contributed by atoms with Gasteiger partial charge in [-0.05, 0) is 34.2 Å². The van der Waals surface area contributed by atoms with Crippen LogP contribution in [0.4, 0.5) is 4.79 Å². The number of hydrogen-bond donors (Lipinski definition) is 1. The fourth-order valence-electron chi connectivity index (χ4n) is 2.92. The summed E-state index contributed by atoms with van der Waals surface area (Å²) in [5, 5.41) is 3.05. The second kappa shape index (κ2) is 4.70. The fourth-order valence-corrected chi connectivity index (χ4v) is 2.92. The molecule has 0 unspecified atom stereocenters. The van der Waals surface area contributed by atoms with E-state index in [2.05, 4.69) is 17.3 Å². The summed E-state index contributed by atoms with van der Waals surface area (Å²) in [5.74, 6) is 0.462. The van der Waals surface area contributed by atoms with Crippen LogP contribution in [0, 0.1) is 5.92 Å². The molecule has 2 aliphatic heterocycles. The molecule has 2 saturated heterocycles. The average Bonchev–Trinajstić information content (AvgIpc) is 2.49. The molecule has 0 aliphatic carbocycles. The number of ether oxygens (including phenoxy) is 2. The summed E-state index contributed by atoms with van der Waals surface area (Å²) in [5.41, 5.74) is -0.731. The van der Waals surface area contributed by atoms with Crippen LogP contribution in [0.1, 0.15) is 27.2 Å². The van der Waals surface area contributed by atoms with Crippen molar-refractivity contribution in [1.82, 2.24) is 10.2 Å². The molecule has 2 fully saturated rings. The van der Waals surface area contributed by atoms with Crippen molar-refractivity contribution in [2.45, 2.75) is 38.3 Å². The van der Waals surface area contributed by atoms with E-state index in [1.54, 1.807) is 0 Å². The molecule has 0 aromatic heterocycles. The van der Waals surface area contributed by atoms with Crippen LogP contribution < -0.4 is 5.32 Å². The summed E-state index contributed by atoms with van der Waals surface area (Å²) < 4.78 is 10.9. The van der Waals surface area contributed by atoms with Gasteiger partial charge in [0.05, 0.1) is 12.1 Å². The SMILES string of the molecule is CN1C[C@H]2CCOC[C@@]2(NC(=O)OC(C)(C)C)C1. The van der Waals surface area contributed by atoms with E-state index in [9.17, 15) is 4.79 Å². The zero-order chi connectivity index (χ0) is 13.4. The van der Waals surface area contributed by atoms with Gasteiger partial charge in [0.25, 0.3) is 0 Å². The summed E-state index contributed by atoms with van der Waals surface area (Å²) in [6, 6.07) is 0. The molecule has 2 heterocycles. The third-order valence-electron chi connectivity index (χ3n) is 3.59. The number of hydrogen-bond acceptors (Lipinski definition) is 4. The van der Waals surface area contributed by atoms with Crippen LogP contribution in [-0.2, 0) is 9.47 Å². The van der Waals surface area contributed by atoms with Crippen molar-refractivity contribution in [2.24, 2.45) is 5.92 Å². The summed E-state index contributed by atoms with van der Waals surface area (Å²) in [6.45, 7) is 8.84. The maximum Gasteiger partial charge on any atom is 0.408 e. The Morgan fingerprint density at radius 1 is 1.50 bits per heavy atom. The number of nitrogens with one attached hydrogen (secondary N) is 1. The number of likely N-dealkylation sites (N-methyl/N-ethyl adjacent to an activating group) is 1. The zero-order valence-corrected chi connectivity index (χ0v) is 11.8. The zero-order valence-electron chi connectivity index (χ0n) is 11.8. The first-order valence-corrected chi connectivity index (χ1v) is 6.58. The molecule has 5 heteroatoms. The molecule has 0 spiro atoms. The number of amides is 1. The predicted molar refractivity (Wildman–Crippen MR) is 68.5 cm³/mol. The Morgan fingerprint density at radius 2 is 2.22 bits per heavy atom. The minimum atomic E-state index is -0.462. The number of nitrogens with zero attached hydrogens (tertiary/aromatic N) is 1. The van der Waals surface area contributed by atoms with Gasteiger partial charge < -0.3 is 19.7 Å². The van der Waals surface area contributed by atoms with E-state index in [0.717, 1.165) is 26.1 Å². The highest BCUT2D eigenvalue weighted by molar-refractivity contribution is 5.69. The summed E-state index contributed by atoms with van der Waals surface area (Å²) >= 11 is 0. The molecule has 0 bridgehead atoms. The molecule has 1 amide bonds. The second-order valence-electron chi connectivity index (χ2n) is 6.52. The lowest BCUT2D eigenvalue weighted by Gasteiger charge is -2.39. The van der Waals surface area contributed by atoms with Gasteiger partial charge in [0.15, 0.2) is 0 Å². The van der Waals surface area contributed by atoms with E-state index in [1.165, 1.54) is 0 Å². The van der Waals surface area contributed by atoms with Gasteiger partial charge in [-0.25, -0.2) is 4.79 Å². The van der Waals surface area contributed by atoms with Crippen LogP contribution in [0.15, 0.2) is 0 Å². The number of carbonyl (C=O) groups is 1. The third kappa shape index (κ3) is 2.95. The highest BCUT2D eigenvalue weighted by Crippen LogP contribution is 2.33. The molecule has 0 radical (unpaired) electrons. The number of rotatable bonds is 1. The van der Waals surface area contributed by atoms with Crippen molar-refractivity contribution in [2.75, 3.05) is 33.4 Å². The molecule has 0 saturated carbocycles. The molecule has 2 atom stereocenters. The third-order valence-corrected chi connectivity index (χ3v) is 3.59. The van der Waals surface area contributed by atoms with E-state index in [-0.39, 0.29) is 11.6 Å². The predicted octanol–water partition coefficient (Wildman–Crippen LogP) is 1.23. The van der Waals surface area contributed by atoms with E-state index >= 15 is 0 Å². The molecule has 0 aromatic rings. The highest BCUT2D eigenvalue weighted by atomic mass is 16.6. The van der Waals surface area contributed by atoms with Crippen molar-refractivity contribution >= 4 is 6.09 Å². The van der Waals surface area contributed by atoms with Gasteiger partial charge in [0, 0.05) is 25.6 Å². The molecule has 1 N–H and O–H groups in total. The maximum absolute atomic E-state index is 12.0. The van der Waals surface area contributed by atoms with Crippen molar-refractivity contribution in [3.8, 4) is 0 Å². The average molecular weight is 256 g/mol. The van der Waals surface area contributed by atoms with Gasteiger partial charge in [-0.3, -0.25) is 0 Å². The fraction of sp³-hybridized carbons (Fsp3) is 0.923. The molecule has 5 nitrogen and oxygen atoms in total. The van der Waals surface area contributed by atoms with Crippen LogP contribution in [0.2, 0.25) is 0 Å². The Kier molecular flexibility index (Phi) is 3.56. The molecule has 2 aliphatic rings. The first kappa shape index (κ1) is 13.6. The Morgan fingerprint density at radius 3 is 2.89 bits per heavy atom. The van der Waals surface area contributed by atoms with Crippen LogP contribution in [0.5, 0.6) is 0 Å². The standard InChI is InChI=1S/C13H24N2O3/c1-12(2,3)18-11(16)14-13-8-15(4)7-10(13)5-6-17-9-13/h10H,5-9H2,1-4H3,(H,14,16)/t10-,13+/m1/s1. The van der Waals surface area contributed by atoms with Crippen molar-refractivity contribution in [3.05, 3.63) is 0 Å². The number of alkyl carbamates (subject to hydrolysis) is 1. The Hall–Kier alpha value is -0.810. The monoisotopic (exact) mass is 256 g/mol. The van der Waals surface area contributed by atoms with Gasteiger partial charge >= 0.3 is 6.09 Å². The summed E-state index contributed by atoms with van der Waals surface area (Å²) in [4.78, 5) is 14.2. The Labute approximate surface area is 109 Å². The number of fused-ring (bicyclic) bond motifs is 1. The first-order chi connectivity index (χ1) is 8.31. The molecular formula is C13H24N2O3. The van der Waals surface area contributed by atoms with Gasteiger partial charge in [-0.1, -0.05) is 0 Å². The largest absolute Gasteiger partial charge is 0.444 e. The molecule has 0 aromatic carbocycles. The van der Waals surface area contributed by atoms with Crippen molar-refractivity contribution < 1.29 is 14.3 Å². The minimum absolute atomic E-state index is 0.269. The molecule has 18 heavy (non-hydrogen) atoms. The van der Waals surface area contributed by atoms with Gasteiger partial charge in [-0.2, -0.15) is 0 Å². The highest BCUT2D eigenvalue weighted by Gasteiger charge is 2.49. The van der Waals surface area contributed by atoms with E-state index in [1.807, 2.05) is 20.8 Å². The normalized spacial score (nSPS) is 33.0. The lowest BCUT2D eigenvalue weighted by atomic mass is 9.84. The van der Waals surface area contributed by atoms with Gasteiger partial charge in [-0.15, -0.1) is 0 Å². The second-order valence-corrected chi connectivity index (χ2v) is 6.52. The topological polar surface area (TPSA) is 50.8 Å². The van der Waals surface area contributed by atoms with Crippen molar-refractivity contribution in [3.63, 3.8) is 0 Å². The van der Waals surface area contributed by atoms with Crippen LogP contribution in [0.3, 0.4) is 0 Å². The van der Waals surface area contributed by atoms with Gasteiger partial charge in [0.2, 0.25) is 0 Å². The maximum atomic E-state index is 12.0. The first-order valence-electron chi connectivity index (χ1n) is 6.58. The Bertz CT molecular complexity index is 327. The van der Waals surface area contributed by atoms with Crippen LogP contribution in [-0.4, -0.2) is 55.5 Å². The molecule has 2 rings (SSSR count). The Balaban J connectivity index is 2.03. The smallest absolute Gasteiger partial charge is 0.408 e. The lowest BCUT2D eigenvalue weighted by molar-refractivity contribution is -0.00942. The van der Waals surface area contributed by atoms with Gasteiger partial charge in [0.1, 0.15) is 5.60 Å². The van der Waals surface area contributed by atoms with E-state index in [4.69, 9.17) is 9.47 Å². The lowest BCUT2D eigenvalue weighted by Crippen LogP contribution is -2.60. The van der Waals surface area contributed by atoms with E-state index in [0.29, 0.717) is 12.5 Å². The summed E-state index contributed by atoms with van der Waals surface area (Å²) in [7, 11) is 2.08. The quantitative estimate of drug-likeness (QED) is 0.766. The van der Waals surface area contributed by atoms with Crippen molar-refractivity contribution in [1.29, 1.82) is 0 Å². The number of likely N-dealkylation sites (tertiary alicyclic amines) is 1. The summed E-state index contributed by atoms with van der Waals surface area (Å²) in [6.07, 6.45) is 0.661. The minimum Gasteiger partial charge on any atom is -0.444 e. The number of carbonyl (C=O) groups excluding carboxylic acids is 1. The van der Waals surface area contributed by atoms with Crippen LogP contribution >= 0.6 is 0 Å². The molecule has 104 valence electrons.